The average Bonchev–Trinajstić information content (AvgIpc) is 3.24. The first-order valence-electron chi connectivity index (χ1n) is 10.2. The summed E-state index contributed by atoms with van der Waals surface area (Å²) in [6.07, 6.45) is -0.00251. The van der Waals surface area contributed by atoms with Crippen LogP contribution in [0.2, 0.25) is 0 Å². The maximum Gasteiger partial charge on any atom is 0.248 e. The second-order valence-corrected chi connectivity index (χ2v) is 8.90. The van der Waals surface area contributed by atoms with Crippen LogP contribution >= 0.6 is 11.3 Å². The van der Waals surface area contributed by atoms with E-state index in [0.29, 0.717) is 17.0 Å². The maximum atomic E-state index is 12.5. The monoisotopic (exact) mass is 454 g/mol. The predicted molar refractivity (Wildman–Crippen MR) is 121 cm³/mol. The molecule has 7 nitrogen and oxygen atoms in total. The summed E-state index contributed by atoms with van der Waals surface area (Å²) in [4.78, 5) is 31.0. The van der Waals surface area contributed by atoms with Crippen LogP contribution < -0.4 is 11.1 Å². The molecular formula is C23H23FN4O3S. The third-order valence-corrected chi connectivity index (χ3v) is 6.79. The molecule has 1 aliphatic rings. The van der Waals surface area contributed by atoms with Crippen LogP contribution in [0.4, 0.5) is 4.39 Å². The normalized spacial score (nSPS) is 14.9. The summed E-state index contributed by atoms with van der Waals surface area (Å²) >= 11 is 1.63. The Bertz CT molecular complexity index is 1230. The van der Waals surface area contributed by atoms with E-state index in [1.807, 2.05) is 20.8 Å². The number of halogens is 1. The molecule has 2 aromatic heterocycles. The minimum atomic E-state index is -0.639. The highest BCUT2D eigenvalue weighted by atomic mass is 32.1. The van der Waals surface area contributed by atoms with Crippen molar-refractivity contribution in [2.24, 2.45) is 10.7 Å². The summed E-state index contributed by atoms with van der Waals surface area (Å²) in [6.45, 7) is 5.26. The Morgan fingerprint density at radius 2 is 1.91 bits per heavy atom. The Balaban J connectivity index is 1.90. The van der Waals surface area contributed by atoms with Crippen molar-refractivity contribution in [2.75, 3.05) is 13.2 Å². The molecule has 1 aromatic carbocycles. The fourth-order valence-electron chi connectivity index (χ4n) is 3.84. The van der Waals surface area contributed by atoms with Crippen LogP contribution in [0.3, 0.4) is 0 Å². The molecule has 0 fully saturated rings. The standard InChI is InChI=1S/C23H23FN4O3S/c1-11-13(3)32-22-18(11)20(14-4-6-15(7-5-14)23(25)30)27-16(10-17(29)26-9-8-24)21-19(22)12(2)28-31-21/h4-7,16H,8-10H2,1-3H3,(H2,25,30)(H,26,29)/t16-/m0/s1. The van der Waals surface area contributed by atoms with E-state index in [2.05, 4.69) is 10.5 Å². The van der Waals surface area contributed by atoms with E-state index >= 15 is 0 Å². The first-order valence-corrected chi connectivity index (χ1v) is 11.0. The van der Waals surface area contributed by atoms with Gasteiger partial charge in [-0.2, -0.15) is 0 Å². The van der Waals surface area contributed by atoms with Crippen molar-refractivity contribution in [3.05, 3.63) is 62.9 Å². The van der Waals surface area contributed by atoms with E-state index in [9.17, 15) is 14.0 Å². The number of alkyl halides is 1. The summed E-state index contributed by atoms with van der Waals surface area (Å²) in [7, 11) is 0. The quantitative estimate of drug-likeness (QED) is 0.590. The second kappa shape index (κ2) is 8.66. The number of nitrogens with two attached hydrogens (primary N) is 1. The minimum absolute atomic E-state index is 0.00251. The van der Waals surface area contributed by atoms with Crippen molar-refractivity contribution < 1.29 is 18.5 Å². The maximum absolute atomic E-state index is 12.5. The van der Waals surface area contributed by atoms with Gasteiger partial charge in [0.25, 0.3) is 0 Å². The Morgan fingerprint density at radius 1 is 1.19 bits per heavy atom. The van der Waals surface area contributed by atoms with Crippen molar-refractivity contribution in [3.63, 3.8) is 0 Å². The third kappa shape index (κ3) is 3.84. The molecule has 0 unspecified atom stereocenters. The number of hydrogen-bond donors (Lipinski definition) is 2. The summed E-state index contributed by atoms with van der Waals surface area (Å²) in [5.41, 5.74) is 10.9. The number of aryl methyl sites for hydroxylation is 2. The molecule has 0 saturated heterocycles. The fraction of sp³-hybridized carbons (Fsp3) is 0.304. The number of rotatable bonds is 6. The molecule has 1 atom stereocenters. The van der Waals surface area contributed by atoms with E-state index in [-0.39, 0.29) is 18.9 Å². The highest BCUT2D eigenvalue weighted by Crippen LogP contribution is 2.46. The van der Waals surface area contributed by atoms with Crippen molar-refractivity contribution in [1.29, 1.82) is 0 Å². The summed E-state index contributed by atoms with van der Waals surface area (Å²) in [6, 6.07) is 6.29. The van der Waals surface area contributed by atoms with E-state index in [0.717, 1.165) is 37.7 Å². The van der Waals surface area contributed by atoms with Gasteiger partial charge in [-0.15, -0.1) is 11.3 Å². The van der Waals surface area contributed by atoms with Crippen LogP contribution in [0, 0.1) is 20.8 Å². The first kappa shape index (κ1) is 21.9. The van der Waals surface area contributed by atoms with Gasteiger partial charge < -0.3 is 15.6 Å². The Hall–Kier alpha value is -3.33. The van der Waals surface area contributed by atoms with Gasteiger partial charge in [-0.05, 0) is 38.5 Å². The Kier molecular flexibility index (Phi) is 5.92. The number of amides is 2. The van der Waals surface area contributed by atoms with Crippen LogP contribution in [0.5, 0.6) is 0 Å². The van der Waals surface area contributed by atoms with Gasteiger partial charge in [-0.1, -0.05) is 17.3 Å². The molecule has 1 aliphatic heterocycles. The van der Waals surface area contributed by atoms with Crippen LogP contribution in [0.1, 0.15) is 55.8 Å². The van der Waals surface area contributed by atoms with E-state index in [4.69, 9.17) is 15.2 Å². The van der Waals surface area contributed by atoms with Gasteiger partial charge in [0, 0.05) is 33.0 Å². The number of hydrogen-bond acceptors (Lipinski definition) is 6. The highest BCUT2D eigenvalue weighted by molar-refractivity contribution is 7.16. The number of thiophene rings is 1. The molecule has 0 radical (unpaired) electrons. The van der Waals surface area contributed by atoms with Gasteiger partial charge in [0.1, 0.15) is 12.7 Å². The Morgan fingerprint density at radius 3 is 2.56 bits per heavy atom. The molecular weight excluding hydrogens is 431 g/mol. The van der Waals surface area contributed by atoms with Gasteiger partial charge >= 0.3 is 0 Å². The van der Waals surface area contributed by atoms with Crippen LogP contribution in [-0.4, -0.2) is 35.9 Å². The molecule has 3 aromatic rings. The van der Waals surface area contributed by atoms with E-state index in [1.165, 1.54) is 0 Å². The lowest BCUT2D eigenvalue weighted by molar-refractivity contribution is -0.121. The van der Waals surface area contributed by atoms with Crippen LogP contribution in [-0.2, 0) is 4.79 Å². The lowest BCUT2D eigenvalue weighted by Gasteiger charge is -2.13. The van der Waals surface area contributed by atoms with E-state index in [1.54, 1.807) is 35.6 Å². The average molecular weight is 455 g/mol. The number of aliphatic imine (C=N–C) groups is 1. The fourth-order valence-corrected chi connectivity index (χ4v) is 5.11. The number of benzene rings is 1. The molecule has 0 saturated carbocycles. The molecule has 0 bridgehead atoms. The van der Waals surface area contributed by atoms with Crippen molar-refractivity contribution >= 4 is 28.9 Å². The first-order chi connectivity index (χ1) is 15.3. The minimum Gasteiger partial charge on any atom is -0.366 e. The zero-order valence-electron chi connectivity index (χ0n) is 18.0. The highest BCUT2D eigenvalue weighted by Gasteiger charge is 2.34. The van der Waals surface area contributed by atoms with E-state index < -0.39 is 18.6 Å². The smallest absolute Gasteiger partial charge is 0.248 e. The lowest BCUT2D eigenvalue weighted by atomic mass is 9.96. The van der Waals surface area contributed by atoms with Gasteiger partial charge in [0.2, 0.25) is 11.8 Å². The number of carbonyl (C=O) groups excluding carboxylic acids is 2. The van der Waals surface area contributed by atoms with Crippen LogP contribution in [0.15, 0.2) is 33.8 Å². The second-order valence-electron chi connectivity index (χ2n) is 7.67. The topological polar surface area (TPSA) is 111 Å². The van der Waals surface area contributed by atoms with Crippen molar-refractivity contribution in [1.82, 2.24) is 10.5 Å². The van der Waals surface area contributed by atoms with Gasteiger partial charge in [-0.25, -0.2) is 4.39 Å². The van der Waals surface area contributed by atoms with Gasteiger partial charge in [-0.3, -0.25) is 14.6 Å². The molecule has 3 heterocycles. The largest absolute Gasteiger partial charge is 0.366 e. The molecule has 2 amide bonds. The SMILES string of the molecule is Cc1noc2c1-c1sc(C)c(C)c1C(c1ccc(C(N)=O)cc1)=N[C@H]2CC(=O)NCCF. The molecule has 0 aliphatic carbocycles. The third-order valence-electron chi connectivity index (χ3n) is 5.56. The number of nitrogens with zero attached hydrogens (tertiary/aromatic N) is 2. The number of aromatic nitrogens is 1. The van der Waals surface area contributed by atoms with Crippen LogP contribution in [0.25, 0.3) is 10.4 Å². The van der Waals surface area contributed by atoms with Crippen molar-refractivity contribution in [2.45, 2.75) is 33.2 Å². The predicted octanol–water partition coefficient (Wildman–Crippen LogP) is 3.80. The molecule has 166 valence electrons. The molecule has 32 heavy (non-hydrogen) atoms. The van der Waals surface area contributed by atoms with Crippen molar-refractivity contribution in [3.8, 4) is 10.4 Å². The molecule has 4 rings (SSSR count). The molecule has 0 spiro atoms. The number of carbonyl (C=O) groups is 2. The number of primary amides is 1. The zero-order chi connectivity index (χ0) is 23.0. The summed E-state index contributed by atoms with van der Waals surface area (Å²) < 4.78 is 18.2. The Labute approximate surface area is 188 Å². The van der Waals surface area contributed by atoms with Gasteiger partial charge in [0.05, 0.1) is 23.4 Å². The zero-order valence-corrected chi connectivity index (χ0v) is 18.8. The van der Waals surface area contributed by atoms with Gasteiger partial charge in [0.15, 0.2) is 5.76 Å². The number of fused-ring (bicyclic) bond motifs is 3. The molecule has 9 heteroatoms. The summed E-state index contributed by atoms with van der Waals surface area (Å²) in [5.74, 6) is -0.312. The summed E-state index contributed by atoms with van der Waals surface area (Å²) in [5, 5.41) is 6.70. The molecule has 3 N–H and O–H groups in total. The number of nitrogens with one attached hydrogen (secondary N) is 1. The lowest BCUT2D eigenvalue weighted by Crippen LogP contribution is -2.26.